The van der Waals surface area contributed by atoms with Gasteiger partial charge in [-0.3, -0.25) is 9.59 Å². The number of benzene rings is 1. The van der Waals surface area contributed by atoms with E-state index in [9.17, 15) is 18.4 Å². The molecule has 0 radical (unpaired) electrons. The molecule has 7 heteroatoms. The SMILES string of the molecule is CC(C)C(NC(=O)c1c(F)cccc1F)C(=O)N1CCNCC1. The maximum atomic E-state index is 13.7. The second kappa shape index (κ2) is 7.50. The number of carbonyl (C=O) groups is 2. The van der Waals surface area contributed by atoms with Crippen LogP contribution in [0.2, 0.25) is 0 Å². The first-order chi connectivity index (χ1) is 10.9. The molecule has 1 aromatic rings. The molecule has 1 saturated heterocycles. The molecule has 1 fully saturated rings. The van der Waals surface area contributed by atoms with Gasteiger partial charge in [-0.15, -0.1) is 0 Å². The topological polar surface area (TPSA) is 61.4 Å². The van der Waals surface area contributed by atoms with E-state index < -0.39 is 29.1 Å². The van der Waals surface area contributed by atoms with Crippen LogP contribution in [0.25, 0.3) is 0 Å². The Balaban J connectivity index is 2.15. The molecule has 0 bridgehead atoms. The summed E-state index contributed by atoms with van der Waals surface area (Å²) in [6.45, 7) is 6.03. The quantitative estimate of drug-likeness (QED) is 0.873. The Bertz CT molecular complexity index is 566. The lowest BCUT2D eigenvalue weighted by Crippen LogP contribution is -2.55. The molecular weight excluding hydrogens is 304 g/mol. The van der Waals surface area contributed by atoms with Gasteiger partial charge in [0.1, 0.15) is 23.2 Å². The molecule has 1 aliphatic rings. The lowest BCUT2D eigenvalue weighted by Gasteiger charge is -2.32. The van der Waals surface area contributed by atoms with Gasteiger partial charge in [-0.2, -0.15) is 0 Å². The molecule has 23 heavy (non-hydrogen) atoms. The molecule has 2 rings (SSSR count). The van der Waals surface area contributed by atoms with Gasteiger partial charge in [-0.25, -0.2) is 8.78 Å². The summed E-state index contributed by atoms with van der Waals surface area (Å²) >= 11 is 0. The predicted molar refractivity (Wildman–Crippen MR) is 81.9 cm³/mol. The van der Waals surface area contributed by atoms with E-state index in [1.165, 1.54) is 6.07 Å². The van der Waals surface area contributed by atoms with Crippen molar-refractivity contribution in [3.63, 3.8) is 0 Å². The van der Waals surface area contributed by atoms with E-state index in [2.05, 4.69) is 10.6 Å². The average molecular weight is 325 g/mol. The lowest BCUT2D eigenvalue weighted by molar-refractivity contribution is -0.134. The smallest absolute Gasteiger partial charge is 0.257 e. The molecule has 126 valence electrons. The average Bonchev–Trinajstić information content (AvgIpc) is 2.52. The molecular formula is C16H21F2N3O2. The number of amides is 2. The number of hydrogen-bond donors (Lipinski definition) is 2. The molecule has 2 N–H and O–H groups in total. The number of hydrogen-bond acceptors (Lipinski definition) is 3. The third-order valence-corrected chi connectivity index (χ3v) is 3.84. The number of carbonyl (C=O) groups excluding carboxylic acids is 2. The van der Waals surface area contributed by atoms with Crippen LogP contribution in [0.4, 0.5) is 8.78 Å². The van der Waals surface area contributed by atoms with Crippen molar-refractivity contribution in [1.29, 1.82) is 0 Å². The van der Waals surface area contributed by atoms with E-state index in [-0.39, 0.29) is 11.8 Å². The van der Waals surface area contributed by atoms with Crippen molar-refractivity contribution >= 4 is 11.8 Å². The largest absolute Gasteiger partial charge is 0.340 e. The fraction of sp³-hybridized carbons (Fsp3) is 0.500. The van der Waals surface area contributed by atoms with Crippen LogP contribution in [0, 0.1) is 17.6 Å². The minimum Gasteiger partial charge on any atom is -0.340 e. The molecule has 0 saturated carbocycles. The van der Waals surface area contributed by atoms with Crippen molar-refractivity contribution in [3.8, 4) is 0 Å². The number of nitrogens with one attached hydrogen (secondary N) is 2. The van der Waals surface area contributed by atoms with Crippen LogP contribution >= 0.6 is 0 Å². The van der Waals surface area contributed by atoms with Crippen molar-refractivity contribution in [2.45, 2.75) is 19.9 Å². The van der Waals surface area contributed by atoms with Gasteiger partial charge in [0.05, 0.1) is 0 Å². The zero-order chi connectivity index (χ0) is 17.0. The summed E-state index contributed by atoms with van der Waals surface area (Å²) < 4.78 is 27.4. The Kier molecular flexibility index (Phi) is 5.65. The van der Waals surface area contributed by atoms with Crippen molar-refractivity contribution in [1.82, 2.24) is 15.5 Å². The molecule has 1 atom stereocenters. The fourth-order valence-corrected chi connectivity index (χ4v) is 2.52. The molecule has 0 spiro atoms. The Hall–Kier alpha value is -2.02. The molecule has 1 aliphatic heterocycles. The van der Waals surface area contributed by atoms with Crippen molar-refractivity contribution in [2.75, 3.05) is 26.2 Å². The second-order valence-electron chi connectivity index (χ2n) is 5.87. The standard InChI is InChI=1S/C16H21F2N3O2/c1-10(2)14(16(23)21-8-6-19-7-9-21)20-15(22)13-11(17)4-3-5-12(13)18/h3-5,10,14,19H,6-9H2,1-2H3,(H,20,22). The van der Waals surface area contributed by atoms with Crippen LogP contribution in [0.15, 0.2) is 18.2 Å². The minimum absolute atomic E-state index is 0.198. The number of nitrogens with zero attached hydrogens (tertiary/aromatic N) is 1. The molecule has 0 aliphatic carbocycles. The highest BCUT2D eigenvalue weighted by atomic mass is 19.1. The van der Waals surface area contributed by atoms with E-state index in [0.29, 0.717) is 26.2 Å². The normalized spacial score (nSPS) is 16.3. The first kappa shape index (κ1) is 17.3. The van der Waals surface area contributed by atoms with Gasteiger partial charge in [0.25, 0.3) is 5.91 Å². The summed E-state index contributed by atoms with van der Waals surface area (Å²) in [6.07, 6.45) is 0. The van der Waals surface area contributed by atoms with E-state index in [0.717, 1.165) is 12.1 Å². The van der Waals surface area contributed by atoms with E-state index >= 15 is 0 Å². The third-order valence-electron chi connectivity index (χ3n) is 3.84. The minimum atomic E-state index is -0.945. The van der Waals surface area contributed by atoms with Gasteiger partial charge in [0.2, 0.25) is 5.91 Å². The summed E-state index contributed by atoms with van der Waals surface area (Å²) in [6, 6.07) is 2.40. The fourth-order valence-electron chi connectivity index (χ4n) is 2.52. The molecule has 5 nitrogen and oxygen atoms in total. The number of halogens is 2. The summed E-state index contributed by atoms with van der Waals surface area (Å²) in [7, 11) is 0. The third kappa shape index (κ3) is 4.04. The Morgan fingerprint density at radius 2 is 1.74 bits per heavy atom. The van der Waals surface area contributed by atoms with Crippen molar-refractivity contribution in [3.05, 3.63) is 35.4 Å². The predicted octanol–water partition coefficient (Wildman–Crippen LogP) is 1.15. The van der Waals surface area contributed by atoms with Crippen LogP contribution in [-0.4, -0.2) is 48.9 Å². The highest BCUT2D eigenvalue weighted by Crippen LogP contribution is 2.14. The van der Waals surface area contributed by atoms with E-state index in [4.69, 9.17) is 0 Å². The van der Waals surface area contributed by atoms with Crippen molar-refractivity contribution < 1.29 is 18.4 Å². The summed E-state index contributed by atoms with van der Waals surface area (Å²) in [5.74, 6) is -3.23. The molecule has 1 heterocycles. The summed E-state index contributed by atoms with van der Waals surface area (Å²) in [5, 5.41) is 5.62. The maximum absolute atomic E-state index is 13.7. The second-order valence-corrected chi connectivity index (χ2v) is 5.87. The summed E-state index contributed by atoms with van der Waals surface area (Å²) in [5.41, 5.74) is -0.661. The van der Waals surface area contributed by atoms with Crippen LogP contribution in [-0.2, 0) is 4.79 Å². The Morgan fingerprint density at radius 3 is 2.26 bits per heavy atom. The van der Waals surface area contributed by atoms with E-state index in [1.807, 2.05) is 0 Å². The van der Waals surface area contributed by atoms with Gasteiger partial charge in [0.15, 0.2) is 0 Å². The van der Waals surface area contributed by atoms with Crippen LogP contribution in [0.5, 0.6) is 0 Å². The van der Waals surface area contributed by atoms with Crippen LogP contribution < -0.4 is 10.6 Å². The van der Waals surface area contributed by atoms with Gasteiger partial charge >= 0.3 is 0 Å². The molecule has 1 unspecified atom stereocenters. The zero-order valence-electron chi connectivity index (χ0n) is 13.2. The number of piperazine rings is 1. The molecule has 2 amide bonds. The first-order valence-corrected chi connectivity index (χ1v) is 7.66. The highest BCUT2D eigenvalue weighted by Gasteiger charge is 2.30. The van der Waals surface area contributed by atoms with Crippen LogP contribution in [0.3, 0.4) is 0 Å². The first-order valence-electron chi connectivity index (χ1n) is 7.66. The monoisotopic (exact) mass is 325 g/mol. The highest BCUT2D eigenvalue weighted by molar-refractivity contribution is 5.98. The van der Waals surface area contributed by atoms with Crippen LogP contribution in [0.1, 0.15) is 24.2 Å². The van der Waals surface area contributed by atoms with Gasteiger partial charge in [-0.05, 0) is 18.1 Å². The van der Waals surface area contributed by atoms with Gasteiger partial charge < -0.3 is 15.5 Å². The van der Waals surface area contributed by atoms with Crippen molar-refractivity contribution in [2.24, 2.45) is 5.92 Å². The zero-order valence-corrected chi connectivity index (χ0v) is 13.2. The maximum Gasteiger partial charge on any atom is 0.257 e. The van der Waals surface area contributed by atoms with E-state index in [1.54, 1.807) is 18.7 Å². The van der Waals surface area contributed by atoms with Gasteiger partial charge in [-0.1, -0.05) is 19.9 Å². The number of rotatable bonds is 4. The Morgan fingerprint density at radius 1 is 1.17 bits per heavy atom. The molecule has 1 aromatic carbocycles. The van der Waals surface area contributed by atoms with Gasteiger partial charge in [0, 0.05) is 26.2 Å². The summed E-state index contributed by atoms with van der Waals surface area (Å²) in [4.78, 5) is 26.4. The Labute approximate surface area is 134 Å². The lowest BCUT2D eigenvalue weighted by atomic mass is 10.0. The molecule has 0 aromatic heterocycles.